The Morgan fingerprint density at radius 2 is 1.89 bits per heavy atom. The second kappa shape index (κ2) is 5.79. The van der Waals surface area contributed by atoms with Crippen LogP contribution >= 0.6 is 0 Å². The highest BCUT2D eigenvalue weighted by atomic mass is 16.3. The molecule has 0 saturated heterocycles. The molecule has 0 aliphatic carbocycles. The second-order valence-corrected chi connectivity index (χ2v) is 6.09. The third-order valence-electron chi connectivity index (χ3n) is 3.56. The Morgan fingerprint density at radius 3 is 2.53 bits per heavy atom. The molecule has 1 heterocycles. The van der Waals surface area contributed by atoms with Crippen LogP contribution in [0.3, 0.4) is 0 Å². The fraction of sp³-hybridized carbons (Fsp3) is 0.529. The Hall–Kier alpha value is -1.28. The minimum Gasteiger partial charge on any atom is -0.459 e. The van der Waals surface area contributed by atoms with Crippen molar-refractivity contribution in [2.45, 2.75) is 47.1 Å². The van der Waals surface area contributed by atoms with Gasteiger partial charge in [-0.3, -0.25) is 0 Å². The summed E-state index contributed by atoms with van der Waals surface area (Å²) in [6, 6.07) is 6.54. The van der Waals surface area contributed by atoms with Crippen LogP contribution in [0, 0.1) is 12.8 Å². The van der Waals surface area contributed by atoms with E-state index in [2.05, 4.69) is 58.1 Å². The molecule has 0 atom stereocenters. The fourth-order valence-electron chi connectivity index (χ4n) is 2.29. The number of furan rings is 1. The van der Waals surface area contributed by atoms with Gasteiger partial charge >= 0.3 is 0 Å². The molecule has 2 aromatic rings. The van der Waals surface area contributed by atoms with Crippen molar-refractivity contribution in [3.63, 3.8) is 0 Å². The lowest BCUT2D eigenvalue weighted by molar-refractivity contribution is 0.482. The minimum atomic E-state index is 0.557. The minimum absolute atomic E-state index is 0.557. The molecule has 2 nitrogen and oxygen atoms in total. The van der Waals surface area contributed by atoms with Gasteiger partial charge in [0.05, 0.1) is 6.54 Å². The van der Waals surface area contributed by atoms with Gasteiger partial charge in [0.15, 0.2) is 0 Å². The van der Waals surface area contributed by atoms with Crippen LogP contribution in [0.25, 0.3) is 11.0 Å². The SMILES string of the molecule is Cc1c(CNCC(C)C)oc2ccc(C(C)C)cc12. The number of rotatable bonds is 5. The Morgan fingerprint density at radius 1 is 1.16 bits per heavy atom. The van der Waals surface area contributed by atoms with E-state index in [1.807, 2.05) is 0 Å². The van der Waals surface area contributed by atoms with Crippen LogP contribution in [0.5, 0.6) is 0 Å². The first-order chi connectivity index (χ1) is 8.99. The van der Waals surface area contributed by atoms with E-state index in [1.165, 1.54) is 16.5 Å². The van der Waals surface area contributed by atoms with Crippen LogP contribution in [0.15, 0.2) is 22.6 Å². The summed E-state index contributed by atoms with van der Waals surface area (Å²) in [5, 5.41) is 4.70. The van der Waals surface area contributed by atoms with Gasteiger partial charge in [0.1, 0.15) is 11.3 Å². The molecular formula is C17H25NO. The first kappa shape index (κ1) is 14.1. The zero-order valence-corrected chi connectivity index (χ0v) is 12.7. The van der Waals surface area contributed by atoms with Crippen LogP contribution in [-0.2, 0) is 6.54 Å². The Balaban J connectivity index is 2.24. The predicted octanol–water partition coefficient (Wildman–Crippen LogP) is 4.61. The molecule has 1 aromatic heterocycles. The molecule has 0 spiro atoms. The van der Waals surface area contributed by atoms with Gasteiger partial charge in [-0.15, -0.1) is 0 Å². The van der Waals surface area contributed by atoms with Crippen molar-refractivity contribution in [3.05, 3.63) is 35.1 Å². The molecule has 19 heavy (non-hydrogen) atoms. The molecule has 0 aliphatic rings. The maximum Gasteiger partial charge on any atom is 0.134 e. The standard InChI is InChI=1S/C17H25NO/c1-11(2)9-18-10-17-13(5)15-8-14(12(3)4)6-7-16(15)19-17/h6-8,11-12,18H,9-10H2,1-5H3. The lowest BCUT2D eigenvalue weighted by atomic mass is 10.0. The fourth-order valence-corrected chi connectivity index (χ4v) is 2.29. The van der Waals surface area contributed by atoms with E-state index < -0.39 is 0 Å². The number of aryl methyl sites for hydroxylation is 1. The number of fused-ring (bicyclic) bond motifs is 1. The van der Waals surface area contributed by atoms with Gasteiger partial charge in [-0.05, 0) is 48.6 Å². The molecular weight excluding hydrogens is 234 g/mol. The van der Waals surface area contributed by atoms with Crippen molar-refractivity contribution < 1.29 is 4.42 Å². The smallest absolute Gasteiger partial charge is 0.134 e. The third kappa shape index (κ3) is 3.19. The number of hydrogen-bond donors (Lipinski definition) is 1. The molecule has 2 heteroatoms. The van der Waals surface area contributed by atoms with Crippen molar-refractivity contribution >= 4 is 11.0 Å². The highest BCUT2D eigenvalue weighted by Gasteiger charge is 2.11. The van der Waals surface area contributed by atoms with Crippen molar-refractivity contribution in [2.75, 3.05) is 6.54 Å². The average molecular weight is 259 g/mol. The normalized spacial score (nSPS) is 11.9. The average Bonchev–Trinajstić information content (AvgIpc) is 2.66. The van der Waals surface area contributed by atoms with Gasteiger partial charge in [0, 0.05) is 5.39 Å². The number of nitrogens with one attached hydrogen (secondary N) is 1. The second-order valence-electron chi connectivity index (χ2n) is 6.09. The molecule has 0 saturated carbocycles. The quantitative estimate of drug-likeness (QED) is 0.848. The van der Waals surface area contributed by atoms with Crippen molar-refractivity contribution in [2.24, 2.45) is 5.92 Å². The van der Waals surface area contributed by atoms with Crippen molar-refractivity contribution in [1.82, 2.24) is 5.32 Å². The Kier molecular flexibility index (Phi) is 4.31. The highest BCUT2D eigenvalue weighted by Crippen LogP contribution is 2.28. The van der Waals surface area contributed by atoms with Crippen LogP contribution in [0.1, 0.15) is 50.5 Å². The van der Waals surface area contributed by atoms with Gasteiger partial charge in [-0.1, -0.05) is 33.8 Å². The molecule has 0 bridgehead atoms. The topological polar surface area (TPSA) is 25.2 Å². The van der Waals surface area contributed by atoms with Crippen LogP contribution in [-0.4, -0.2) is 6.54 Å². The summed E-state index contributed by atoms with van der Waals surface area (Å²) in [6.45, 7) is 12.9. The molecule has 1 aromatic carbocycles. The first-order valence-corrected chi connectivity index (χ1v) is 7.21. The summed E-state index contributed by atoms with van der Waals surface area (Å²) in [4.78, 5) is 0. The van der Waals surface area contributed by atoms with E-state index in [-0.39, 0.29) is 0 Å². The number of benzene rings is 1. The van der Waals surface area contributed by atoms with Crippen LogP contribution in [0.4, 0.5) is 0 Å². The molecule has 1 N–H and O–H groups in total. The lowest BCUT2D eigenvalue weighted by Gasteiger charge is -2.05. The molecule has 0 radical (unpaired) electrons. The molecule has 0 aliphatic heterocycles. The van der Waals surface area contributed by atoms with Gasteiger partial charge in [0.25, 0.3) is 0 Å². The lowest BCUT2D eigenvalue weighted by Crippen LogP contribution is -2.18. The Bertz CT molecular complexity index is 552. The Labute approximate surface area is 116 Å². The summed E-state index contributed by atoms with van der Waals surface area (Å²) in [5.41, 5.74) is 3.65. The van der Waals surface area contributed by atoms with Crippen LogP contribution in [0.2, 0.25) is 0 Å². The molecule has 0 unspecified atom stereocenters. The monoisotopic (exact) mass is 259 g/mol. The van der Waals surface area contributed by atoms with Gasteiger partial charge in [-0.2, -0.15) is 0 Å². The summed E-state index contributed by atoms with van der Waals surface area (Å²) in [6.07, 6.45) is 0. The zero-order valence-electron chi connectivity index (χ0n) is 12.7. The summed E-state index contributed by atoms with van der Waals surface area (Å²) in [5.74, 6) is 2.29. The maximum absolute atomic E-state index is 5.95. The predicted molar refractivity (Wildman–Crippen MR) is 81.6 cm³/mol. The summed E-state index contributed by atoms with van der Waals surface area (Å²) in [7, 11) is 0. The highest BCUT2D eigenvalue weighted by molar-refractivity contribution is 5.82. The third-order valence-corrected chi connectivity index (χ3v) is 3.56. The van der Waals surface area contributed by atoms with E-state index in [0.717, 1.165) is 24.4 Å². The van der Waals surface area contributed by atoms with E-state index in [4.69, 9.17) is 4.42 Å². The largest absolute Gasteiger partial charge is 0.459 e. The van der Waals surface area contributed by atoms with E-state index in [0.29, 0.717) is 11.8 Å². The molecule has 0 amide bonds. The van der Waals surface area contributed by atoms with Crippen LogP contribution < -0.4 is 5.32 Å². The van der Waals surface area contributed by atoms with Gasteiger partial charge in [0.2, 0.25) is 0 Å². The summed E-state index contributed by atoms with van der Waals surface area (Å²) < 4.78 is 5.95. The van der Waals surface area contributed by atoms with E-state index in [1.54, 1.807) is 0 Å². The van der Waals surface area contributed by atoms with Crippen molar-refractivity contribution in [1.29, 1.82) is 0 Å². The first-order valence-electron chi connectivity index (χ1n) is 7.21. The zero-order chi connectivity index (χ0) is 14.0. The van der Waals surface area contributed by atoms with Gasteiger partial charge in [-0.25, -0.2) is 0 Å². The summed E-state index contributed by atoms with van der Waals surface area (Å²) >= 11 is 0. The molecule has 0 fully saturated rings. The van der Waals surface area contributed by atoms with Gasteiger partial charge < -0.3 is 9.73 Å². The molecule has 2 rings (SSSR count). The van der Waals surface area contributed by atoms with E-state index >= 15 is 0 Å². The number of hydrogen-bond acceptors (Lipinski definition) is 2. The van der Waals surface area contributed by atoms with E-state index in [9.17, 15) is 0 Å². The maximum atomic E-state index is 5.95. The van der Waals surface area contributed by atoms with Crippen molar-refractivity contribution in [3.8, 4) is 0 Å². The molecule has 104 valence electrons.